The predicted octanol–water partition coefficient (Wildman–Crippen LogP) is 2.10. The standard InChI is InChI=1S/C17H24N2O5/c1-17(11-20,9-13-7-14(8-13)18-15(21)22)19-16(23)24-10-12-5-3-2-4-6-12/h2-6,13-14,18,20H,7-11H2,1H3,(H,19,23)(H,21,22)/t13?,14?,17-/m1/s1. The van der Waals surface area contributed by atoms with E-state index in [1.807, 2.05) is 30.3 Å². The average molecular weight is 336 g/mol. The predicted molar refractivity (Wildman–Crippen MR) is 87.5 cm³/mol. The maximum atomic E-state index is 12.0. The second-order valence-electron chi connectivity index (χ2n) is 6.59. The van der Waals surface area contributed by atoms with Gasteiger partial charge in [-0.1, -0.05) is 30.3 Å². The number of amides is 2. The molecule has 4 N–H and O–H groups in total. The zero-order valence-corrected chi connectivity index (χ0v) is 13.7. The van der Waals surface area contributed by atoms with Gasteiger partial charge in [0.1, 0.15) is 6.61 Å². The molecule has 0 radical (unpaired) electrons. The lowest BCUT2D eigenvalue weighted by Gasteiger charge is -2.40. The number of alkyl carbamates (subject to hydrolysis) is 1. The molecule has 132 valence electrons. The molecule has 1 aromatic rings. The highest BCUT2D eigenvalue weighted by molar-refractivity contribution is 5.68. The van der Waals surface area contributed by atoms with E-state index in [0.717, 1.165) is 5.56 Å². The lowest BCUT2D eigenvalue weighted by molar-refractivity contribution is 0.0853. The molecule has 0 spiro atoms. The molecule has 0 bridgehead atoms. The summed E-state index contributed by atoms with van der Waals surface area (Å²) in [5.74, 6) is 0.258. The quantitative estimate of drug-likeness (QED) is 0.610. The van der Waals surface area contributed by atoms with Gasteiger partial charge >= 0.3 is 12.2 Å². The first-order valence-electron chi connectivity index (χ1n) is 7.99. The zero-order valence-electron chi connectivity index (χ0n) is 13.7. The number of hydrogen-bond acceptors (Lipinski definition) is 4. The number of nitrogens with one attached hydrogen (secondary N) is 2. The summed E-state index contributed by atoms with van der Waals surface area (Å²) in [6, 6.07) is 9.31. The number of aliphatic hydroxyl groups excluding tert-OH is 1. The van der Waals surface area contributed by atoms with Crippen LogP contribution in [0, 0.1) is 5.92 Å². The monoisotopic (exact) mass is 336 g/mol. The highest BCUT2D eigenvalue weighted by Gasteiger charge is 2.37. The molecule has 1 atom stereocenters. The van der Waals surface area contributed by atoms with Gasteiger partial charge in [-0.2, -0.15) is 0 Å². The third-order valence-corrected chi connectivity index (χ3v) is 4.27. The molecule has 0 heterocycles. The molecule has 1 aromatic carbocycles. The number of rotatable bonds is 7. The molecule has 0 aromatic heterocycles. The number of benzene rings is 1. The molecular weight excluding hydrogens is 312 g/mol. The fraction of sp³-hybridized carbons (Fsp3) is 0.529. The molecular formula is C17H24N2O5. The van der Waals surface area contributed by atoms with Gasteiger partial charge in [-0.3, -0.25) is 0 Å². The zero-order chi connectivity index (χ0) is 17.6. The molecule has 7 heteroatoms. The van der Waals surface area contributed by atoms with Crippen molar-refractivity contribution in [1.29, 1.82) is 0 Å². The van der Waals surface area contributed by atoms with E-state index < -0.39 is 17.7 Å². The molecule has 7 nitrogen and oxygen atoms in total. The van der Waals surface area contributed by atoms with E-state index in [-0.39, 0.29) is 25.2 Å². The number of carbonyl (C=O) groups excluding carboxylic acids is 1. The smallest absolute Gasteiger partial charge is 0.407 e. The van der Waals surface area contributed by atoms with Crippen LogP contribution in [0.15, 0.2) is 30.3 Å². The van der Waals surface area contributed by atoms with E-state index in [4.69, 9.17) is 9.84 Å². The molecule has 1 fully saturated rings. The molecule has 2 rings (SSSR count). The van der Waals surface area contributed by atoms with Crippen molar-refractivity contribution in [1.82, 2.24) is 10.6 Å². The van der Waals surface area contributed by atoms with Gasteiger partial charge in [0.05, 0.1) is 12.1 Å². The Bertz CT molecular complexity index is 559. The summed E-state index contributed by atoms with van der Waals surface area (Å²) >= 11 is 0. The topological polar surface area (TPSA) is 108 Å². The maximum absolute atomic E-state index is 12.0. The van der Waals surface area contributed by atoms with E-state index in [0.29, 0.717) is 19.3 Å². The van der Waals surface area contributed by atoms with Gasteiger partial charge in [0.25, 0.3) is 0 Å². The SMILES string of the molecule is C[C@](CO)(CC1CC(NC(=O)O)C1)NC(=O)OCc1ccccc1. The van der Waals surface area contributed by atoms with Crippen molar-refractivity contribution in [3.8, 4) is 0 Å². The Labute approximate surface area is 141 Å². The van der Waals surface area contributed by atoms with Gasteiger partial charge in [0.2, 0.25) is 0 Å². The number of aliphatic hydroxyl groups is 1. The molecule has 0 unspecified atom stereocenters. The van der Waals surface area contributed by atoms with Crippen molar-refractivity contribution in [2.24, 2.45) is 5.92 Å². The summed E-state index contributed by atoms with van der Waals surface area (Å²) < 4.78 is 5.18. The van der Waals surface area contributed by atoms with E-state index in [1.165, 1.54) is 0 Å². The van der Waals surface area contributed by atoms with Gasteiger partial charge in [-0.25, -0.2) is 9.59 Å². The van der Waals surface area contributed by atoms with Crippen LogP contribution in [0.4, 0.5) is 9.59 Å². The summed E-state index contributed by atoms with van der Waals surface area (Å²) in [6.07, 6.45) is 0.397. The van der Waals surface area contributed by atoms with Crippen LogP contribution in [-0.2, 0) is 11.3 Å². The maximum Gasteiger partial charge on any atom is 0.407 e. The van der Waals surface area contributed by atoms with Crippen LogP contribution in [-0.4, -0.2) is 40.6 Å². The summed E-state index contributed by atoms with van der Waals surface area (Å²) in [5, 5.41) is 23.4. The third kappa shape index (κ3) is 5.42. The molecule has 0 aliphatic heterocycles. The van der Waals surface area contributed by atoms with Crippen molar-refractivity contribution in [3.63, 3.8) is 0 Å². The minimum absolute atomic E-state index is 0.0412. The third-order valence-electron chi connectivity index (χ3n) is 4.27. The summed E-state index contributed by atoms with van der Waals surface area (Å²) in [7, 11) is 0. The van der Waals surface area contributed by atoms with Crippen LogP contribution in [0.25, 0.3) is 0 Å². The number of hydrogen-bond donors (Lipinski definition) is 4. The van der Waals surface area contributed by atoms with E-state index >= 15 is 0 Å². The van der Waals surface area contributed by atoms with Gasteiger partial charge < -0.3 is 25.6 Å². The van der Waals surface area contributed by atoms with E-state index in [9.17, 15) is 14.7 Å². The van der Waals surface area contributed by atoms with Crippen molar-refractivity contribution in [3.05, 3.63) is 35.9 Å². The van der Waals surface area contributed by atoms with Gasteiger partial charge in [-0.05, 0) is 37.7 Å². The minimum atomic E-state index is -1.02. The van der Waals surface area contributed by atoms with Crippen LogP contribution in [0.2, 0.25) is 0 Å². The number of ether oxygens (including phenoxy) is 1. The minimum Gasteiger partial charge on any atom is -0.465 e. The lowest BCUT2D eigenvalue weighted by Crippen LogP contribution is -2.53. The summed E-state index contributed by atoms with van der Waals surface area (Å²) in [6.45, 7) is 1.72. The van der Waals surface area contributed by atoms with Crippen molar-refractivity contribution < 1.29 is 24.5 Å². The van der Waals surface area contributed by atoms with Crippen LogP contribution < -0.4 is 10.6 Å². The Morgan fingerprint density at radius 3 is 2.54 bits per heavy atom. The largest absolute Gasteiger partial charge is 0.465 e. The van der Waals surface area contributed by atoms with Crippen molar-refractivity contribution >= 4 is 12.2 Å². The molecule has 1 aliphatic rings. The van der Waals surface area contributed by atoms with Crippen LogP contribution in [0.3, 0.4) is 0 Å². The Kier molecular flexibility index (Phi) is 6.03. The van der Waals surface area contributed by atoms with Gasteiger partial charge in [0.15, 0.2) is 0 Å². The van der Waals surface area contributed by atoms with Crippen LogP contribution in [0.1, 0.15) is 31.7 Å². The summed E-state index contributed by atoms with van der Waals surface area (Å²) in [4.78, 5) is 22.5. The van der Waals surface area contributed by atoms with Crippen LogP contribution in [0.5, 0.6) is 0 Å². The Morgan fingerprint density at radius 1 is 1.29 bits per heavy atom. The number of carbonyl (C=O) groups is 2. The fourth-order valence-corrected chi connectivity index (χ4v) is 2.99. The molecule has 1 aliphatic carbocycles. The Morgan fingerprint density at radius 2 is 1.96 bits per heavy atom. The first-order valence-corrected chi connectivity index (χ1v) is 7.99. The molecule has 0 saturated heterocycles. The fourth-order valence-electron chi connectivity index (χ4n) is 2.99. The normalized spacial score (nSPS) is 21.9. The number of carboxylic acid groups (broad SMARTS) is 1. The van der Waals surface area contributed by atoms with E-state index in [2.05, 4.69) is 10.6 Å². The first-order chi connectivity index (χ1) is 11.4. The van der Waals surface area contributed by atoms with Crippen molar-refractivity contribution in [2.75, 3.05) is 6.61 Å². The molecule has 24 heavy (non-hydrogen) atoms. The van der Waals surface area contributed by atoms with Crippen molar-refractivity contribution in [2.45, 2.75) is 44.4 Å². The van der Waals surface area contributed by atoms with E-state index in [1.54, 1.807) is 6.92 Å². The summed E-state index contributed by atoms with van der Waals surface area (Å²) in [5.41, 5.74) is 0.104. The second-order valence-corrected chi connectivity index (χ2v) is 6.59. The van der Waals surface area contributed by atoms with Crippen LogP contribution >= 0.6 is 0 Å². The first kappa shape index (κ1) is 18.1. The highest BCUT2D eigenvalue weighted by Crippen LogP contribution is 2.34. The Balaban J connectivity index is 1.75. The van der Waals surface area contributed by atoms with Gasteiger partial charge in [0, 0.05) is 6.04 Å². The second kappa shape index (κ2) is 8.01. The lowest BCUT2D eigenvalue weighted by atomic mass is 9.73. The average Bonchev–Trinajstić information content (AvgIpc) is 2.51. The molecule has 2 amide bonds. The highest BCUT2D eigenvalue weighted by atomic mass is 16.5. The Hall–Kier alpha value is -2.28. The molecule has 1 saturated carbocycles. The van der Waals surface area contributed by atoms with Gasteiger partial charge in [-0.15, -0.1) is 0 Å².